The van der Waals surface area contributed by atoms with E-state index in [2.05, 4.69) is 88.5 Å². The van der Waals surface area contributed by atoms with Gasteiger partial charge in [0.05, 0.1) is 26.4 Å². The molecule has 0 saturated heterocycles. The largest absolute Gasteiger partial charge is 0.472 e. The minimum absolute atomic E-state index is 0.0611. The highest BCUT2D eigenvalue weighted by Crippen LogP contribution is 2.45. The van der Waals surface area contributed by atoms with Gasteiger partial charge in [-0.2, -0.15) is 0 Å². The molecule has 0 aromatic rings. The maximum Gasteiger partial charge on any atom is 0.472 e. The Balaban J connectivity index is 5.35. The Morgan fingerprint density at radius 2 is 0.500 bits per heavy atom. The number of ether oxygens (including phenoxy) is 4. The predicted octanol–water partition coefficient (Wildman–Crippen LogP) is 25.0. The van der Waals surface area contributed by atoms with Crippen molar-refractivity contribution in [3.8, 4) is 0 Å². The van der Waals surface area contributed by atoms with Crippen LogP contribution in [-0.2, 0) is 65.4 Å². The first-order valence-electron chi connectivity index (χ1n) is 42.5. The fraction of sp³-hybridized carbons (Fsp3) is 0.835. The van der Waals surface area contributed by atoms with Crippen molar-refractivity contribution in [3.05, 3.63) is 60.8 Å². The maximum absolute atomic E-state index is 13.1. The molecule has 2 unspecified atom stereocenters. The standard InChI is InChI=1S/C85H156O17P2/c1-5-9-13-17-21-25-29-33-37-38-39-40-44-48-52-56-60-64-68-72-85(90)102-81(76-96-83(88)70-66-62-58-54-50-46-42-35-31-27-23-19-15-11-7-3)78-100-104(93,94)98-74-79(86)73-97-103(91,92)99-77-80(101-84(89)71-67-63-59-55-51-47-43-36-32-28-24-20-16-12-8-4)75-95-82(87)69-65-61-57-53-49-45-41-34-30-26-22-18-14-10-6-2/h9,13,21,25,33,37,39-40,48,52,79-81,86H,5-8,10-12,14-20,22-24,26-32,34-36,38,41-47,49-51,53-78H2,1-4H3,(H,91,92)(H,93,94)/b13-9-,25-21-,37-33-,40-39-,52-48-/t79-,80+,81+/m0/s1. The lowest BCUT2D eigenvalue weighted by Gasteiger charge is -2.21. The number of phosphoric acid groups is 2. The molecule has 0 spiro atoms. The zero-order chi connectivity index (χ0) is 76.0. The van der Waals surface area contributed by atoms with Crippen LogP contribution in [0.2, 0.25) is 0 Å². The summed E-state index contributed by atoms with van der Waals surface area (Å²) < 4.78 is 68.8. The number of carbonyl (C=O) groups is 4. The average Bonchev–Trinajstić information content (AvgIpc) is 0.943. The van der Waals surface area contributed by atoms with Crippen molar-refractivity contribution < 1.29 is 80.2 Å². The van der Waals surface area contributed by atoms with Crippen molar-refractivity contribution in [1.29, 1.82) is 0 Å². The molecule has 5 atom stereocenters. The van der Waals surface area contributed by atoms with Crippen LogP contribution in [0.3, 0.4) is 0 Å². The highest BCUT2D eigenvalue weighted by molar-refractivity contribution is 7.47. The monoisotopic (exact) mass is 1510 g/mol. The third kappa shape index (κ3) is 76.9. The van der Waals surface area contributed by atoms with Gasteiger partial charge in [-0.05, 0) is 70.6 Å². The summed E-state index contributed by atoms with van der Waals surface area (Å²) in [5, 5.41) is 10.7. The van der Waals surface area contributed by atoms with Crippen LogP contribution in [0.4, 0.5) is 0 Å². The first kappa shape index (κ1) is 101. The van der Waals surface area contributed by atoms with E-state index in [1.165, 1.54) is 205 Å². The van der Waals surface area contributed by atoms with Crippen LogP contribution >= 0.6 is 15.6 Å². The molecule has 0 amide bonds. The molecule has 0 fully saturated rings. The van der Waals surface area contributed by atoms with Crippen LogP contribution in [0, 0.1) is 0 Å². The van der Waals surface area contributed by atoms with Gasteiger partial charge in [0.1, 0.15) is 19.3 Å². The third-order valence-electron chi connectivity index (χ3n) is 18.5. The molecule has 3 N–H and O–H groups in total. The van der Waals surface area contributed by atoms with E-state index in [1.54, 1.807) is 0 Å². The van der Waals surface area contributed by atoms with E-state index in [4.69, 9.17) is 37.0 Å². The minimum atomic E-state index is -4.98. The zero-order valence-electron chi connectivity index (χ0n) is 66.7. The van der Waals surface area contributed by atoms with Gasteiger partial charge in [-0.1, -0.05) is 365 Å². The molecule has 0 aliphatic heterocycles. The summed E-state index contributed by atoms with van der Waals surface area (Å²) >= 11 is 0. The van der Waals surface area contributed by atoms with Crippen molar-refractivity contribution in [3.63, 3.8) is 0 Å². The molecule has 0 bridgehead atoms. The van der Waals surface area contributed by atoms with Crippen molar-refractivity contribution in [2.75, 3.05) is 39.6 Å². The van der Waals surface area contributed by atoms with E-state index in [0.29, 0.717) is 25.7 Å². The predicted molar refractivity (Wildman–Crippen MR) is 427 cm³/mol. The molecule has 19 heteroatoms. The summed E-state index contributed by atoms with van der Waals surface area (Å²) in [4.78, 5) is 73.2. The van der Waals surface area contributed by atoms with Gasteiger partial charge in [0.2, 0.25) is 0 Å². The van der Waals surface area contributed by atoms with Crippen LogP contribution in [0.15, 0.2) is 60.8 Å². The lowest BCUT2D eigenvalue weighted by molar-refractivity contribution is -0.161. The van der Waals surface area contributed by atoms with Gasteiger partial charge in [-0.3, -0.25) is 37.3 Å². The molecule has 0 aromatic heterocycles. The quantitative estimate of drug-likeness (QED) is 0.0169. The third-order valence-corrected chi connectivity index (χ3v) is 20.4. The number of hydrogen-bond acceptors (Lipinski definition) is 15. The molecule has 104 heavy (non-hydrogen) atoms. The average molecular weight is 1510 g/mol. The van der Waals surface area contributed by atoms with Crippen molar-refractivity contribution in [2.45, 2.75) is 418 Å². The van der Waals surface area contributed by atoms with E-state index >= 15 is 0 Å². The first-order chi connectivity index (χ1) is 50.7. The smallest absolute Gasteiger partial charge is 0.462 e. The molecule has 0 aliphatic rings. The number of unbranched alkanes of at least 4 members (excludes halogenated alkanes) is 45. The summed E-state index contributed by atoms with van der Waals surface area (Å²) in [5.74, 6) is -2.16. The van der Waals surface area contributed by atoms with Gasteiger partial charge in [0.25, 0.3) is 0 Å². The Bertz CT molecular complexity index is 2200. The van der Waals surface area contributed by atoms with Crippen molar-refractivity contribution in [2.24, 2.45) is 0 Å². The highest BCUT2D eigenvalue weighted by atomic mass is 31.2. The van der Waals surface area contributed by atoms with E-state index < -0.39 is 97.5 Å². The number of aliphatic hydroxyl groups excluding tert-OH is 1. The minimum Gasteiger partial charge on any atom is -0.462 e. The summed E-state index contributed by atoms with van der Waals surface area (Å²) in [6.07, 6.45) is 78.9. The number of rotatable bonds is 81. The summed E-state index contributed by atoms with van der Waals surface area (Å²) in [7, 11) is -9.95. The molecule has 0 aliphatic carbocycles. The Morgan fingerprint density at radius 3 is 0.769 bits per heavy atom. The Kier molecular flexibility index (Phi) is 75.5. The number of carbonyl (C=O) groups excluding carboxylic acids is 4. The second kappa shape index (κ2) is 77.9. The second-order valence-corrected chi connectivity index (χ2v) is 31.7. The van der Waals surface area contributed by atoms with E-state index in [9.17, 15) is 43.2 Å². The number of hydrogen-bond donors (Lipinski definition) is 3. The number of phosphoric ester groups is 2. The number of aliphatic hydroxyl groups is 1. The summed E-state index contributed by atoms with van der Waals surface area (Å²) in [6, 6.07) is 0. The lowest BCUT2D eigenvalue weighted by atomic mass is 10.0. The number of esters is 4. The maximum atomic E-state index is 13.1. The molecular weight excluding hydrogens is 1350 g/mol. The van der Waals surface area contributed by atoms with E-state index in [1.807, 2.05) is 0 Å². The van der Waals surface area contributed by atoms with Crippen molar-refractivity contribution >= 4 is 39.5 Å². The summed E-state index contributed by atoms with van der Waals surface area (Å²) in [5.41, 5.74) is 0. The van der Waals surface area contributed by atoms with Gasteiger partial charge in [-0.25, -0.2) is 9.13 Å². The zero-order valence-corrected chi connectivity index (χ0v) is 68.5. The van der Waals surface area contributed by atoms with Gasteiger partial charge in [-0.15, -0.1) is 0 Å². The van der Waals surface area contributed by atoms with Crippen molar-refractivity contribution in [1.82, 2.24) is 0 Å². The summed E-state index contributed by atoms with van der Waals surface area (Å²) in [6.45, 7) is 4.84. The molecular formula is C85H156O17P2. The normalized spacial score (nSPS) is 14.1. The Hall–Kier alpha value is -3.24. The molecule has 17 nitrogen and oxygen atoms in total. The fourth-order valence-corrected chi connectivity index (χ4v) is 13.7. The topological polar surface area (TPSA) is 237 Å². The van der Waals surface area contributed by atoms with Crippen LogP contribution in [0.1, 0.15) is 400 Å². The van der Waals surface area contributed by atoms with Gasteiger partial charge in [0, 0.05) is 25.7 Å². The van der Waals surface area contributed by atoms with E-state index in [-0.39, 0.29) is 25.7 Å². The molecule has 0 radical (unpaired) electrons. The van der Waals surface area contributed by atoms with Crippen LogP contribution < -0.4 is 0 Å². The molecule has 0 saturated carbocycles. The van der Waals surface area contributed by atoms with Gasteiger partial charge in [0.15, 0.2) is 12.2 Å². The molecule has 608 valence electrons. The second-order valence-electron chi connectivity index (χ2n) is 28.8. The molecule has 0 heterocycles. The van der Waals surface area contributed by atoms with Crippen LogP contribution in [0.25, 0.3) is 0 Å². The Morgan fingerprint density at radius 1 is 0.279 bits per heavy atom. The van der Waals surface area contributed by atoms with E-state index in [0.717, 1.165) is 116 Å². The van der Waals surface area contributed by atoms with Gasteiger partial charge >= 0.3 is 39.5 Å². The first-order valence-corrected chi connectivity index (χ1v) is 45.5. The Labute approximate surface area is 635 Å². The van der Waals surface area contributed by atoms with Crippen LogP contribution in [0.5, 0.6) is 0 Å². The molecule has 0 rings (SSSR count). The number of allylic oxidation sites excluding steroid dienone is 10. The van der Waals surface area contributed by atoms with Gasteiger partial charge < -0.3 is 33.8 Å². The highest BCUT2D eigenvalue weighted by Gasteiger charge is 2.30. The van der Waals surface area contributed by atoms with Crippen LogP contribution in [-0.4, -0.2) is 96.7 Å². The SMILES string of the molecule is CC/C=C\C/C=C\C/C=C\C/C=C\C/C=C\CCCCCC(=O)O[C@H](COC(=O)CCCCCCCCCCCCCCCCC)COP(=O)(O)OC[C@@H](O)COP(=O)(O)OC[C@@H](COC(=O)CCCCCCCCCCCCCCCCC)OC(=O)CCCCCCCCCCCCCCCCC. The molecule has 0 aromatic carbocycles. The lowest BCUT2D eigenvalue weighted by Crippen LogP contribution is -2.30. The fourth-order valence-electron chi connectivity index (χ4n) is 12.1.